The molecule has 6 rings (SSSR count). The molecule has 2 heteroatoms. The summed E-state index contributed by atoms with van der Waals surface area (Å²) in [4.78, 5) is 4.86. The number of aliphatic imine (C=N–C) groups is 1. The normalized spacial score (nSPS) is 13.1. The van der Waals surface area contributed by atoms with Gasteiger partial charge < -0.3 is 4.57 Å². The Hall–Kier alpha value is -3.65. The first kappa shape index (κ1) is 16.3. The number of hydrogen-bond donors (Lipinski definition) is 0. The fourth-order valence-corrected chi connectivity index (χ4v) is 4.53. The van der Waals surface area contributed by atoms with E-state index >= 15 is 0 Å². The molecule has 0 aliphatic carbocycles. The largest absolute Gasteiger partial charge is 0.344 e. The monoisotopic (exact) mass is 372 g/mol. The van der Waals surface area contributed by atoms with E-state index in [-0.39, 0.29) is 0 Å². The van der Waals surface area contributed by atoms with Crippen LogP contribution in [0.5, 0.6) is 0 Å². The lowest BCUT2D eigenvalue weighted by atomic mass is 9.98. The van der Waals surface area contributed by atoms with Crippen molar-refractivity contribution in [1.82, 2.24) is 4.57 Å². The minimum atomic E-state index is 0.905. The van der Waals surface area contributed by atoms with Crippen molar-refractivity contribution >= 4 is 33.2 Å². The standard InChI is InChI=1S/C27H20N2/c1-29-26-12-5-3-10-22(26)23-16-19(13-14-27(23)29)18-8-6-9-20(15-18)25-17-21-7-2-4-11-24(21)28-25/h2-16H,17H2,1H3. The van der Waals surface area contributed by atoms with E-state index in [0.29, 0.717) is 0 Å². The summed E-state index contributed by atoms with van der Waals surface area (Å²) in [5.74, 6) is 0. The number of nitrogens with zero attached hydrogens (tertiary/aromatic N) is 2. The lowest BCUT2D eigenvalue weighted by molar-refractivity contribution is 1.01. The summed E-state index contributed by atoms with van der Waals surface area (Å²) in [6.45, 7) is 0. The van der Waals surface area contributed by atoms with Crippen molar-refractivity contribution in [2.45, 2.75) is 6.42 Å². The van der Waals surface area contributed by atoms with Crippen LogP contribution in [0.15, 0.2) is 96.0 Å². The molecule has 1 aromatic heterocycles. The Morgan fingerprint density at radius 2 is 1.41 bits per heavy atom. The summed E-state index contributed by atoms with van der Waals surface area (Å²) in [6, 6.07) is 32.6. The van der Waals surface area contributed by atoms with E-state index in [0.717, 1.165) is 17.8 Å². The summed E-state index contributed by atoms with van der Waals surface area (Å²) in [6.07, 6.45) is 0.905. The van der Waals surface area contributed by atoms with Gasteiger partial charge in [0.25, 0.3) is 0 Å². The highest BCUT2D eigenvalue weighted by atomic mass is 14.9. The van der Waals surface area contributed by atoms with Gasteiger partial charge in [0.05, 0.1) is 11.4 Å². The van der Waals surface area contributed by atoms with Gasteiger partial charge in [-0.05, 0) is 52.6 Å². The zero-order valence-electron chi connectivity index (χ0n) is 16.3. The van der Waals surface area contributed by atoms with Crippen LogP contribution >= 0.6 is 0 Å². The van der Waals surface area contributed by atoms with E-state index in [1.807, 2.05) is 0 Å². The molecule has 2 heterocycles. The Kier molecular flexibility index (Phi) is 3.48. The van der Waals surface area contributed by atoms with Gasteiger partial charge in [-0.1, -0.05) is 60.7 Å². The molecule has 138 valence electrons. The third-order valence-electron chi connectivity index (χ3n) is 6.05. The van der Waals surface area contributed by atoms with Crippen molar-refractivity contribution in [2.24, 2.45) is 12.0 Å². The summed E-state index contributed by atoms with van der Waals surface area (Å²) in [5, 5.41) is 2.61. The van der Waals surface area contributed by atoms with Crippen molar-refractivity contribution in [2.75, 3.05) is 0 Å². The summed E-state index contributed by atoms with van der Waals surface area (Å²) in [5.41, 5.74) is 9.78. The second-order valence-electron chi connectivity index (χ2n) is 7.75. The van der Waals surface area contributed by atoms with Gasteiger partial charge in [-0.3, -0.25) is 4.99 Å². The van der Waals surface area contributed by atoms with Crippen LogP contribution in [0.1, 0.15) is 11.1 Å². The van der Waals surface area contributed by atoms with Crippen molar-refractivity contribution in [3.05, 3.63) is 102 Å². The van der Waals surface area contributed by atoms with Crippen LogP contribution in [0.4, 0.5) is 5.69 Å². The van der Waals surface area contributed by atoms with E-state index in [4.69, 9.17) is 4.99 Å². The molecule has 0 saturated heterocycles. The van der Waals surface area contributed by atoms with E-state index in [9.17, 15) is 0 Å². The van der Waals surface area contributed by atoms with E-state index in [2.05, 4.69) is 103 Å². The molecule has 4 aromatic carbocycles. The molecule has 0 atom stereocenters. The lowest BCUT2D eigenvalue weighted by Crippen LogP contribution is -2.00. The molecule has 2 nitrogen and oxygen atoms in total. The Bertz CT molecular complexity index is 1440. The van der Waals surface area contributed by atoms with Gasteiger partial charge >= 0.3 is 0 Å². The number of hydrogen-bond acceptors (Lipinski definition) is 1. The van der Waals surface area contributed by atoms with Gasteiger partial charge in [-0.25, -0.2) is 0 Å². The van der Waals surface area contributed by atoms with Crippen molar-refractivity contribution in [3.8, 4) is 11.1 Å². The predicted octanol–water partition coefficient (Wildman–Crippen LogP) is 6.68. The topological polar surface area (TPSA) is 17.3 Å². The highest BCUT2D eigenvalue weighted by Gasteiger charge is 2.16. The van der Waals surface area contributed by atoms with Gasteiger partial charge in [0.1, 0.15) is 0 Å². The average Bonchev–Trinajstić information content (AvgIpc) is 3.34. The Morgan fingerprint density at radius 3 is 2.34 bits per heavy atom. The predicted molar refractivity (Wildman–Crippen MR) is 122 cm³/mol. The van der Waals surface area contributed by atoms with E-state index < -0.39 is 0 Å². The van der Waals surface area contributed by atoms with Crippen LogP contribution in [0.3, 0.4) is 0 Å². The fourth-order valence-electron chi connectivity index (χ4n) is 4.53. The minimum absolute atomic E-state index is 0.905. The molecule has 29 heavy (non-hydrogen) atoms. The fraction of sp³-hybridized carbons (Fsp3) is 0.0741. The first-order valence-corrected chi connectivity index (χ1v) is 10.0. The lowest BCUT2D eigenvalue weighted by Gasteiger charge is -2.07. The van der Waals surface area contributed by atoms with Crippen LogP contribution < -0.4 is 0 Å². The number of para-hydroxylation sites is 2. The second kappa shape index (κ2) is 6.18. The molecule has 0 spiro atoms. The third-order valence-corrected chi connectivity index (χ3v) is 6.05. The molecule has 1 aliphatic heterocycles. The molecule has 0 unspecified atom stereocenters. The number of aryl methyl sites for hydroxylation is 1. The zero-order valence-corrected chi connectivity index (χ0v) is 16.3. The third kappa shape index (κ3) is 2.53. The Morgan fingerprint density at radius 1 is 0.655 bits per heavy atom. The highest BCUT2D eigenvalue weighted by molar-refractivity contribution is 6.10. The van der Waals surface area contributed by atoms with Crippen LogP contribution in [-0.2, 0) is 13.5 Å². The van der Waals surface area contributed by atoms with E-state index in [1.54, 1.807) is 0 Å². The van der Waals surface area contributed by atoms with Gasteiger partial charge in [-0.15, -0.1) is 0 Å². The van der Waals surface area contributed by atoms with Crippen LogP contribution in [0.2, 0.25) is 0 Å². The number of benzene rings is 4. The van der Waals surface area contributed by atoms with Crippen LogP contribution in [0.25, 0.3) is 32.9 Å². The molecular formula is C27H20N2. The number of aromatic nitrogens is 1. The molecular weight excluding hydrogens is 352 g/mol. The van der Waals surface area contributed by atoms with Crippen LogP contribution in [0, 0.1) is 0 Å². The maximum atomic E-state index is 4.86. The Labute approximate surface area is 169 Å². The average molecular weight is 372 g/mol. The van der Waals surface area contributed by atoms with Gasteiger partial charge in [0, 0.05) is 35.3 Å². The first-order chi connectivity index (χ1) is 14.3. The van der Waals surface area contributed by atoms with Crippen molar-refractivity contribution < 1.29 is 0 Å². The molecule has 1 aliphatic rings. The van der Waals surface area contributed by atoms with E-state index in [1.165, 1.54) is 44.1 Å². The highest BCUT2D eigenvalue weighted by Crippen LogP contribution is 2.33. The Balaban J connectivity index is 1.46. The number of rotatable bonds is 2. The maximum absolute atomic E-state index is 4.86. The number of fused-ring (bicyclic) bond motifs is 4. The van der Waals surface area contributed by atoms with Crippen molar-refractivity contribution in [3.63, 3.8) is 0 Å². The maximum Gasteiger partial charge on any atom is 0.0669 e. The quantitative estimate of drug-likeness (QED) is 0.329. The van der Waals surface area contributed by atoms with Gasteiger partial charge in [0.15, 0.2) is 0 Å². The van der Waals surface area contributed by atoms with Gasteiger partial charge in [0.2, 0.25) is 0 Å². The molecule has 0 bridgehead atoms. The summed E-state index contributed by atoms with van der Waals surface area (Å²) < 4.78 is 2.27. The molecule has 0 fully saturated rings. The van der Waals surface area contributed by atoms with Crippen molar-refractivity contribution in [1.29, 1.82) is 0 Å². The molecule has 0 radical (unpaired) electrons. The van der Waals surface area contributed by atoms with Gasteiger partial charge in [-0.2, -0.15) is 0 Å². The molecule has 5 aromatic rings. The minimum Gasteiger partial charge on any atom is -0.344 e. The molecule has 0 N–H and O–H groups in total. The summed E-state index contributed by atoms with van der Waals surface area (Å²) in [7, 11) is 2.14. The molecule has 0 amide bonds. The summed E-state index contributed by atoms with van der Waals surface area (Å²) >= 11 is 0. The first-order valence-electron chi connectivity index (χ1n) is 10.0. The van der Waals surface area contributed by atoms with Crippen LogP contribution in [-0.4, -0.2) is 10.3 Å². The smallest absolute Gasteiger partial charge is 0.0669 e. The zero-order chi connectivity index (χ0) is 19.4. The SMILES string of the molecule is Cn1c2ccccc2c2cc(-c3cccc(C4=Nc5ccccc5C4)c3)ccc21. The molecule has 0 saturated carbocycles. The second-order valence-corrected chi connectivity index (χ2v) is 7.75.